The van der Waals surface area contributed by atoms with E-state index in [2.05, 4.69) is 15.9 Å². The molecule has 3 nitrogen and oxygen atoms in total. The summed E-state index contributed by atoms with van der Waals surface area (Å²) < 4.78 is 14.4. The summed E-state index contributed by atoms with van der Waals surface area (Å²) in [6.07, 6.45) is 0. The maximum atomic E-state index is 13.4. The third-order valence-electron chi connectivity index (χ3n) is 2.43. The van der Waals surface area contributed by atoms with Gasteiger partial charge >= 0.3 is 5.69 Å². The van der Waals surface area contributed by atoms with Gasteiger partial charge in [0.05, 0.1) is 4.92 Å². The van der Waals surface area contributed by atoms with Crippen molar-refractivity contribution in [1.29, 1.82) is 0 Å². The summed E-state index contributed by atoms with van der Waals surface area (Å²) in [5.41, 5.74) is 0.230. The highest BCUT2D eigenvalue weighted by Crippen LogP contribution is 2.26. The Hall–Kier alpha value is -1.40. The summed E-state index contributed by atoms with van der Waals surface area (Å²) >= 11 is 4.90. The fourth-order valence-electron chi connectivity index (χ4n) is 1.49. The molecule has 0 saturated heterocycles. The standard InChI is InChI=1S/C13H9BrFNO2S/c14-10-2-4-11(5-3-10)19-8-9-1-6-13(16(17)18)12(15)7-9/h1-7H,8H2. The van der Waals surface area contributed by atoms with Crippen LogP contribution in [-0.2, 0) is 5.75 Å². The summed E-state index contributed by atoms with van der Waals surface area (Å²) in [7, 11) is 0. The molecule has 0 bridgehead atoms. The van der Waals surface area contributed by atoms with Crippen LogP contribution in [0.3, 0.4) is 0 Å². The van der Waals surface area contributed by atoms with E-state index in [-0.39, 0.29) is 0 Å². The van der Waals surface area contributed by atoms with Gasteiger partial charge in [-0.3, -0.25) is 10.1 Å². The molecule has 0 aromatic heterocycles. The number of hydrogen-bond acceptors (Lipinski definition) is 3. The minimum atomic E-state index is -0.793. The van der Waals surface area contributed by atoms with Crippen molar-refractivity contribution in [2.45, 2.75) is 10.6 Å². The highest BCUT2D eigenvalue weighted by molar-refractivity contribution is 9.10. The average Bonchev–Trinajstić information content (AvgIpc) is 2.37. The van der Waals surface area contributed by atoms with E-state index in [4.69, 9.17) is 0 Å². The van der Waals surface area contributed by atoms with E-state index in [0.29, 0.717) is 5.75 Å². The van der Waals surface area contributed by atoms with Gasteiger partial charge in [-0.1, -0.05) is 22.0 Å². The van der Waals surface area contributed by atoms with Crippen molar-refractivity contribution in [2.24, 2.45) is 0 Å². The van der Waals surface area contributed by atoms with Crippen molar-refractivity contribution in [1.82, 2.24) is 0 Å². The van der Waals surface area contributed by atoms with E-state index < -0.39 is 16.4 Å². The summed E-state index contributed by atoms with van der Waals surface area (Å²) in [4.78, 5) is 10.8. The molecule has 0 saturated carbocycles. The van der Waals surface area contributed by atoms with Crippen LogP contribution in [0.4, 0.5) is 10.1 Å². The molecule has 0 heterocycles. The molecule has 0 aliphatic heterocycles. The summed E-state index contributed by atoms with van der Waals surface area (Å²) in [5.74, 6) is -0.227. The van der Waals surface area contributed by atoms with Crippen LogP contribution in [0.15, 0.2) is 51.8 Å². The smallest absolute Gasteiger partial charge is 0.258 e. The summed E-state index contributed by atoms with van der Waals surface area (Å²) in [6, 6.07) is 11.8. The molecule has 0 aliphatic rings. The van der Waals surface area contributed by atoms with Gasteiger partial charge in [0.15, 0.2) is 0 Å². The van der Waals surface area contributed by atoms with Crippen LogP contribution in [0.25, 0.3) is 0 Å². The Morgan fingerprint density at radius 2 is 1.89 bits per heavy atom. The second kappa shape index (κ2) is 6.16. The molecule has 0 unspecified atom stereocenters. The van der Waals surface area contributed by atoms with Gasteiger partial charge in [-0.15, -0.1) is 11.8 Å². The normalized spacial score (nSPS) is 10.4. The van der Waals surface area contributed by atoms with Gasteiger partial charge in [-0.25, -0.2) is 0 Å². The van der Waals surface area contributed by atoms with Crippen molar-refractivity contribution >= 4 is 33.4 Å². The maximum Gasteiger partial charge on any atom is 0.304 e. The van der Waals surface area contributed by atoms with Crippen LogP contribution in [0.1, 0.15) is 5.56 Å². The lowest BCUT2D eigenvalue weighted by atomic mass is 10.2. The molecular weight excluding hydrogens is 333 g/mol. The van der Waals surface area contributed by atoms with Gasteiger partial charge in [0.2, 0.25) is 5.82 Å². The lowest BCUT2D eigenvalue weighted by Crippen LogP contribution is -1.93. The summed E-state index contributed by atoms with van der Waals surface area (Å²) in [5, 5.41) is 10.5. The molecule has 0 atom stereocenters. The van der Waals surface area contributed by atoms with Crippen molar-refractivity contribution in [3.63, 3.8) is 0 Å². The van der Waals surface area contributed by atoms with Gasteiger partial charge in [0.1, 0.15) is 0 Å². The average molecular weight is 342 g/mol. The van der Waals surface area contributed by atoms with Crippen LogP contribution in [-0.4, -0.2) is 4.92 Å². The third kappa shape index (κ3) is 3.78. The van der Waals surface area contributed by atoms with Gasteiger partial charge in [0.25, 0.3) is 0 Å². The lowest BCUT2D eigenvalue weighted by Gasteiger charge is -2.03. The number of rotatable bonds is 4. The molecule has 0 radical (unpaired) electrons. The van der Waals surface area contributed by atoms with Crippen molar-refractivity contribution in [3.8, 4) is 0 Å². The van der Waals surface area contributed by atoms with E-state index >= 15 is 0 Å². The second-order valence-corrected chi connectivity index (χ2v) is 5.75. The number of benzene rings is 2. The van der Waals surface area contributed by atoms with Crippen LogP contribution >= 0.6 is 27.7 Å². The molecule has 2 aromatic rings. The molecule has 0 fully saturated rings. The zero-order valence-electron chi connectivity index (χ0n) is 9.68. The number of nitro benzene ring substituents is 1. The van der Waals surface area contributed by atoms with Crippen LogP contribution in [0, 0.1) is 15.9 Å². The Bertz CT molecular complexity index is 604. The zero-order chi connectivity index (χ0) is 13.8. The molecule has 0 amide bonds. The van der Waals surface area contributed by atoms with Crippen molar-refractivity contribution < 1.29 is 9.31 Å². The van der Waals surface area contributed by atoms with E-state index in [0.717, 1.165) is 14.9 Å². The predicted octanol–water partition coefficient (Wildman–Crippen LogP) is 4.79. The Balaban J connectivity index is 2.06. The molecule has 0 spiro atoms. The van der Waals surface area contributed by atoms with Crippen LogP contribution < -0.4 is 0 Å². The largest absolute Gasteiger partial charge is 0.304 e. The maximum absolute atomic E-state index is 13.4. The highest BCUT2D eigenvalue weighted by Gasteiger charge is 2.13. The first kappa shape index (κ1) is 14.0. The van der Waals surface area contributed by atoms with Gasteiger partial charge in [-0.05, 0) is 35.9 Å². The van der Waals surface area contributed by atoms with Crippen molar-refractivity contribution in [3.05, 3.63) is 68.4 Å². The first-order valence-electron chi connectivity index (χ1n) is 5.37. The topological polar surface area (TPSA) is 43.1 Å². The molecule has 98 valence electrons. The first-order valence-corrected chi connectivity index (χ1v) is 7.15. The van der Waals surface area contributed by atoms with Gasteiger partial charge in [0, 0.05) is 21.2 Å². The fourth-order valence-corrected chi connectivity index (χ4v) is 2.59. The highest BCUT2D eigenvalue weighted by atomic mass is 79.9. The molecule has 2 rings (SSSR count). The number of thioether (sulfide) groups is 1. The monoisotopic (exact) mass is 341 g/mol. The minimum Gasteiger partial charge on any atom is -0.258 e. The van der Waals surface area contributed by atoms with E-state index in [9.17, 15) is 14.5 Å². The first-order chi connectivity index (χ1) is 9.06. The minimum absolute atomic E-state index is 0.489. The number of halogens is 2. The number of nitro groups is 1. The number of nitrogens with zero attached hydrogens (tertiary/aromatic N) is 1. The fraction of sp³-hybridized carbons (Fsp3) is 0.0769. The molecule has 2 aromatic carbocycles. The Labute approximate surface area is 122 Å². The quantitative estimate of drug-likeness (QED) is 0.456. The Morgan fingerprint density at radius 3 is 2.47 bits per heavy atom. The van der Waals surface area contributed by atoms with E-state index in [1.54, 1.807) is 17.8 Å². The van der Waals surface area contributed by atoms with E-state index in [1.807, 2.05) is 24.3 Å². The second-order valence-electron chi connectivity index (χ2n) is 3.79. The van der Waals surface area contributed by atoms with Gasteiger partial charge < -0.3 is 0 Å². The number of hydrogen-bond donors (Lipinski definition) is 0. The SMILES string of the molecule is O=[N+]([O-])c1ccc(CSc2ccc(Br)cc2)cc1F. The molecule has 0 N–H and O–H groups in total. The molecule has 6 heteroatoms. The molecule has 19 heavy (non-hydrogen) atoms. The van der Waals surface area contributed by atoms with Crippen LogP contribution in [0.2, 0.25) is 0 Å². The predicted molar refractivity (Wildman–Crippen MR) is 76.8 cm³/mol. The Kier molecular flexibility index (Phi) is 4.55. The zero-order valence-corrected chi connectivity index (χ0v) is 12.1. The van der Waals surface area contributed by atoms with Crippen molar-refractivity contribution in [2.75, 3.05) is 0 Å². The molecular formula is C13H9BrFNO2S. The summed E-state index contributed by atoms with van der Waals surface area (Å²) in [6.45, 7) is 0. The van der Waals surface area contributed by atoms with Crippen LogP contribution in [0.5, 0.6) is 0 Å². The third-order valence-corrected chi connectivity index (χ3v) is 4.04. The Morgan fingerprint density at radius 1 is 1.21 bits per heavy atom. The lowest BCUT2D eigenvalue weighted by molar-refractivity contribution is -0.387. The van der Waals surface area contributed by atoms with E-state index in [1.165, 1.54) is 12.1 Å². The van der Waals surface area contributed by atoms with Gasteiger partial charge in [-0.2, -0.15) is 4.39 Å². The molecule has 0 aliphatic carbocycles.